The molecule has 2 aromatic rings. The van der Waals surface area contributed by atoms with Crippen LogP contribution in [0.3, 0.4) is 0 Å². The minimum absolute atomic E-state index is 0.0198. The lowest BCUT2D eigenvalue weighted by molar-refractivity contribution is -0.138. The van der Waals surface area contributed by atoms with Crippen LogP contribution in [0.1, 0.15) is 34.8 Å². The zero-order chi connectivity index (χ0) is 31.9. The number of carbonyl (C=O) groups is 2. The van der Waals surface area contributed by atoms with E-state index in [-0.39, 0.29) is 61.7 Å². The predicted molar refractivity (Wildman–Crippen MR) is 144 cm³/mol. The zero-order valence-corrected chi connectivity index (χ0v) is 23.0. The standard InChI is InChI=1S/C29H23F7N6O2/c1-27-14-17(6-7-28(31,32)33)2-4-21(27)24(43)40-39-23(27)13-18-3-5-22(30)20(12-18)25(44)41-8-10-42(11-9-41)26-37-15-19(16-38-26)29(34,35)36/h2-5,12,15-16H,8-11,13-14H2,1H3,(H,40,43). The highest BCUT2D eigenvalue weighted by Gasteiger charge is 2.43. The lowest BCUT2D eigenvalue weighted by atomic mass is 9.68. The topological polar surface area (TPSA) is 90.8 Å². The summed E-state index contributed by atoms with van der Waals surface area (Å²) in [6.07, 6.45) is -5.10. The second-order valence-electron chi connectivity index (χ2n) is 10.6. The minimum Gasteiger partial charge on any atom is -0.337 e. The molecule has 0 bridgehead atoms. The van der Waals surface area contributed by atoms with Crippen molar-refractivity contribution in [1.82, 2.24) is 20.3 Å². The molecule has 1 aromatic heterocycles. The molecule has 5 rings (SSSR count). The van der Waals surface area contributed by atoms with Crippen LogP contribution in [0.2, 0.25) is 0 Å². The second-order valence-corrected chi connectivity index (χ2v) is 10.6. The van der Waals surface area contributed by atoms with E-state index in [0.717, 1.165) is 6.07 Å². The van der Waals surface area contributed by atoms with Crippen LogP contribution in [-0.4, -0.2) is 64.7 Å². The van der Waals surface area contributed by atoms with Gasteiger partial charge in [0.2, 0.25) is 5.95 Å². The Balaban J connectivity index is 1.29. The van der Waals surface area contributed by atoms with E-state index in [1.807, 2.05) is 0 Å². The maximum atomic E-state index is 14.9. The molecule has 0 spiro atoms. The average Bonchev–Trinajstić information content (AvgIpc) is 2.97. The Hall–Kier alpha value is -4.74. The van der Waals surface area contributed by atoms with Crippen LogP contribution in [-0.2, 0) is 17.4 Å². The molecule has 0 saturated carbocycles. The largest absolute Gasteiger partial charge is 0.458 e. The monoisotopic (exact) mass is 620 g/mol. The van der Waals surface area contributed by atoms with Gasteiger partial charge in [-0.05, 0) is 31.0 Å². The molecule has 8 nitrogen and oxygen atoms in total. The van der Waals surface area contributed by atoms with E-state index >= 15 is 0 Å². The van der Waals surface area contributed by atoms with Gasteiger partial charge in [0, 0.05) is 67.5 Å². The number of fused-ring (bicyclic) bond motifs is 1. The first kappa shape index (κ1) is 30.7. The quantitative estimate of drug-likeness (QED) is 0.403. The van der Waals surface area contributed by atoms with Crippen LogP contribution in [0.5, 0.6) is 0 Å². The molecule has 230 valence electrons. The Kier molecular flexibility index (Phi) is 7.96. The van der Waals surface area contributed by atoms with E-state index in [4.69, 9.17) is 0 Å². The molecule has 3 heterocycles. The summed E-state index contributed by atoms with van der Waals surface area (Å²) in [7, 11) is 0. The van der Waals surface area contributed by atoms with Crippen LogP contribution in [0, 0.1) is 23.1 Å². The summed E-state index contributed by atoms with van der Waals surface area (Å²) in [5.41, 5.74) is 1.40. The number of nitrogens with zero attached hydrogens (tertiary/aromatic N) is 5. The smallest absolute Gasteiger partial charge is 0.337 e. The molecule has 1 unspecified atom stereocenters. The summed E-state index contributed by atoms with van der Waals surface area (Å²) in [6, 6.07) is 3.93. The Morgan fingerprint density at radius 1 is 1.05 bits per heavy atom. The van der Waals surface area contributed by atoms with Crippen molar-refractivity contribution in [3.05, 3.63) is 76.4 Å². The highest BCUT2D eigenvalue weighted by atomic mass is 19.4. The molecular formula is C29H23F7N6O2. The van der Waals surface area contributed by atoms with E-state index in [0.29, 0.717) is 23.7 Å². The van der Waals surface area contributed by atoms with E-state index in [1.165, 1.54) is 35.1 Å². The van der Waals surface area contributed by atoms with Gasteiger partial charge in [-0.3, -0.25) is 9.59 Å². The minimum atomic E-state index is -4.69. The van der Waals surface area contributed by atoms with Crippen molar-refractivity contribution in [2.24, 2.45) is 10.5 Å². The third-order valence-electron chi connectivity index (χ3n) is 7.58. The molecule has 1 atom stereocenters. The highest BCUT2D eigenvalue weighted by molar-refractivity contribution is 6.09. The maximum Gasteiger partial charge on any atom is 0.458 e. The average molecular weight is 621 g/mol. The van der Waals surface area contributed by atoms with Crippen molar-refractivity contribution in [2.75, 3.05) is 31.1 Å². The highest BCUT2D eigenvalue weighted by Crippen LogP contribution is 2.42. The molecule has 3 aliphatic rings. The van der Waals surface area contributed by atoms with Crippen LogP contribution in [0.25, 0.3) is 0 Å². The number of alkyl halides is 6. The van der Waals surface area contributed by atoms with Gasteiger partial charge >= 0.3 is 12.4 Å². The number of aromatic nitrogens is 2. The number of rotatable bonds is 4. The van der Waals surface area contributed by atoms with Gasteiger partial charge in [0.25, 0.3) is 11.8 Å². The first-order valence-electron chi connectivity index (χ1n) is 13.2. The van der Waals surface area contributed by atoms with Crippen molar-refractivity contribution >= 4 is 23.5 Å². The third-order valence-corrected chi connectivity index (χ3v) is 7.58. The molecule has 44 heavy (non-hydrogen) atoms. The first-order valence-corrected chi connectivity index (χ1v) is 13.2. The molecule has 1 saturated heterocycles. The SMILES string of the molecule is CC12CC(C#CC(F)(F)F)=CC=C1C(=O)NN=C2Cc1ccc(F)c(C(=O)N2CCN(c3ncc(C(F)(F)F)cn3)CC2)c1. The molecule has 15 heteroatoms. The number of piperazine rings is 1. The number of nitrogens with one attached hydrogen (secondary N) is 1. The third kappa shape index (κ3) is 6.43. The first-order chi connectivity index (χ1) is 20.6. The number of hydrogen-bond acceptors (Lipinski definition) is 6. The molecular weight excluding hydrogens is 597 g/mol. The van der Waals surface area contributed by atoms with Crippen molar-refractivity contribution in [1.29, 1.82) is 0 Å². The number of hydrazone groups is 1. The number of allylic oxidation sites excluding steroid dienone is 3. The number of benzene rings is 1. The van der Waals surface area contributed by atoms with Crippen molar-refractivity contribution in [3.8, 4) is 11.8 Å². The van der Waals surface area contributed by atoms with Gasteiger partial charge in [0.05, 0.1) is 16.8 Å². The number of halogens is 7. The van der Waals surface area contributed by atoms with Crippen LogP contribution in [0.4, 0.5) is 36.7 Å². The molecule has 1 N–H and O–H groups in total. The normalized spacial score (nSPS) is 20.5. The van der Waals surface area contributed by atoms with Crippen LogP contribution in [0.15, 0.2) is 59.0 Å². The summed E-state index contributed by atoms with van der Waals surface area (Å²) in [4.78, 5) is 36.4. The summed E-state index contributed by atoms with van der Waals surface area (Å²) in [5, 5.41) is 4.16. The van der Waals surface area contributed by atoms with Gasteiger partial charge in [-0.25, -0.2) is 19.8 Å². The Morgan fingerprint density at radius 3 is 2.36 bits per heavy atom. The Labute approximate surface area is 246 Å². The van der Waals surface area contributed by atoms with E-state index in [2.05, 4.69) is 26.4 Å². The molecule has 1 fully saturated rings. The van der Waals surface area contributed by atoms with Crippen molar-refractivity contribution in [2.45, 2.75) is 32.1 Å². The number of hydrogen-bond donors (Lipinski definition) is 1. The lowest BCUT2D eigenvalue weighted by Crippen LogP contribution is -2.49. The maximum absolute atomic E-state index is 14.9. The van der Waals surface area contributed by atoms with Crippen LogP contribution < -0.4 is 10.3 Å². The van der Waals surface area contributed by atoms with E-state index in [1.54, 1.807) is 11.8 Å². The second kappa shape index (κ2) is 11.4. The lowest BCUT2D eigenvalue weighted by Gasteiger charge is -2.38. The van der Waals surface area contributed by atoms with Gasteiger partial charge < -0.3 is 9.80 Å². The van der Waals surface area contributed by atoms with Crippen LogP contribution >= 0.6 is 0 Å². The molecule has 2 amide bonds. The zero-order valence-electron chi connectivity index (χ0n) is 23.0. The summed E-state index contributed by atoms with van der Waals surface area (Å²) < 4.78 is 91.3. The van der Waals surface area contributed by atoms with Gasteiger partial charge in [-0.2, -0.15) is 31.4 Å². The number of amides is 2. The predicted octanol–water partition coefficient (Wildman–Crippen LogP) is 4.45. The summed E-state index contributed by atoms with van der Waals surface area (Å²) >= 11 is 0. The fraction of sp³-hybridized carbons (Fsp3) is 0.345. The van der Waals surface area contributed by atoms with Gasteiger partial charge in [0.15, 0.2) is 0 Å². The Morgan fingerprint density at radius 2 is 1.73 bits per heavy atom. The molecule has 0 radical (unpaired) electrons. The van der Waals surface area contributed by atoms with E-state index < -0.39 is 41.0 Å². The molecule has 1 aliphatic carbocycles. The fourth-order valence-electron chi connectivity index (χ4n) is 5.21. The van der Waals surface area contributed by atoms with Crippen molar-refractivity contribution in [3.63, 3.8) is 0 Å². The molecule has 2 aliphatic heterocycles. The summed E-state index contributed by atoms with van der Waals surface area (Å²) in [5.74, 6) is 1.53. The Bertz CT molecular complexity index is 1640. The number of carbonyl (C=O) groups excluding carboxylic acids is 2. The van der Waals surface area contributed by atoms with Gasteiger partial charge in [0.1, 0.15) is 5.82 Å². The van der Waals surface area contributed by atoms with E-state index in [9.17, 15) is 40.3 Å². The summed E-state index contributed by atoms with van der Waals surface area (Å²) in [6.45, 7) is 2.33. The van der Waals surface area contributed by atoms with Crippen molar-refractivity contribution < 1.29 is 40.3 Å². The molecule has 1 aromatic carbocycles. The van der Waals surface area contributed by atoms with Gasteiger partial charge in [-0.1, -0.05) is 24.1 Å². The number of anilines is 1. The van der Waals surface area contributed by atoms with Gasteiger partial charge in [-0.15, -0.1) is 0 Å². The fourth-order valence-corrected chi connectivity index (χ4v) is 5.21.